The maximum atomic E-state index is 6.13. The molecule has 112 valence electrons. The Hall–Kier alpha value is -1.71. The maximum absolute atomic E-state index is 6.13. The number of halogens is 1. The molecule has 2 aromatic rings. The number of nitrogens with two attached hydrogens (primary N) is 1. The molecule has 0 amide bonds. The van der Waals surface area contributed by atoms with Crippen molar-refractivity contribution in [3.8, 4) is 11.5 Å². The topological polar surface area (TPSA) is 44.5 Å². The highest BCUT2D eigenvalue weighted by Gasteiger charge is 2.03. The van der Waals surface area contributed by atoms with E-state index in [4.69, 9.17) is 26.8 Å². The van der Waals surface area contributed by atoms with Crippen LogP contribution in [-0.4, -0.2) is 13.2 Å². The zero-order valence-corrected chi connectivity index (χ0v) is 13.1. The fourth-order valence-electron chi connectivity index (χ4n) is 2.07. The summed E-state index contributed by atoms with van der Waals surface area (Å²) in [5.74, 6) is 1.62. The molecule has 0 aromatic heterocycles. The van der Waals surface area contributed by atoms with Crippen molar-refractivity contribution in [2.24, 2.45) is 5.73 Å². The van der Waals surface area contributed by atoms with E-state index in [0.29, 0.717) is 19.8 Å². The van der Waals surface area contributed by atoms with Gasteiger partial charge in [-0.2, -0.15) is 0 Å². The Bertz CT molecular complexity index is 590. The average Bonchev–Trinajstić information content (AvgIpc) is 2.49. The lowest BCUT2D eigenvalue weighted by molar-refractivity contribution is 0.217. The van der Waals surface area contributed by atoms with Crippen LogP contribution < -0.4 is 15.2 Å². The standard InChI is InChI=1S/C17H20ClNO2/c1-12-8-16(9-13(2)17(12)18)21-7-6-20-15-5-3-4-14(10-15)11-19/h3-5,8-10H,6-7,11,19H2,1-2H3. The van der Waals surface area contributed by atoms with Crippen LogP contribution in [0.15, 0.2) is 36.4 Å². The molecule has 21 heavy (non-hydrogen) atoms. The minimum Gasteiger partial charge on any atom is -0.490 e. The van der Waals surface area contributed by atoms with Gasteiger partial charge in [0.05, 0.1) is 0 Å². The second kappa shape index (κ2) is 7.34. The summed E-state index contributed by atoms with van der Waals surface area (Å²) < 4.78 is 11.3. The lowest BCUT2D eigenvalue weighted by atomic mass is 10.1. The van der Waals surface area contributed by atoms with Crippen molar-refractivity contribution in [2.45, 2.75) is 20.4 Å². The number of hydrogen-bond acceptors (Lipinski definition) is 3. The molecule has 0 radical (unpaired) electrons. The SMILES string of the molecule is Cc1cc(OCCOc2cccc(CN)c2)cc(C)c1Cl. The van der Waals surface area contributed by atoms with Crippen LogP contribution in [0.4, 0.5) is 0 Å². The summed E-state index contributed by atoms with van der Waals surface area (Å²) in [5.41, 5.74) is 8.69. The summed E-state index contributed by atoms with van der Waals surface area (Å²) in [6.45, 7) is 5.41. The fourth-order valence-corrected chi connectivity index (χ4v) is 2.18. The molecule has 0 aliphatic rings. The summed E-state index contributed by atoms with van der Waals surface area (Å²) in [7, 11) is 0. The highest BCUT2D eigenvalue weighted by molar-refractivity contribution is 6.32. The van der Waals surface area contributed by atoms with Crippen molar-refractivity contribution >= 4 is 11.6 Å². The maximum Gasteiger partial charge on any atom is 0.122 e. The molecule has 0 saturated carbocycles. The van der Waals surface area contributed by atoms with Gasteiger partial charge in [0, 0.05) is 11.6 Å². The number of benzene rings is 2. The third-order valence-electron chi connectivity index (χ3n) is 3.16. The molecule has 2 rings (SSSR count). The summed E-state index contributed by atoms with van der Waals surface area (Å²) in [5, 5.41) is 0.789. The van der Waals surface area contributed by atoms with E-state index in [1.807, 2.05) is 50.2 Å². The van der Waals surface area contributed by atoms with Gasteiger partial charge in [-0.1, -0.05) is 23.7 Å². The van der Waals surface area contributed by atoms with Gasteiger partial charge in [-0.3, -0.25) is 0 Å². The average molecular weight is 306 g/mol. The van der Waals surface area contributed by atoms with Crippen LogP contribution in [0.1, 0.15) is 16.7 Å². The van der Waals surface area contributed by atoms with Gasteiger partial charge in [-0.25, -0.2) is 0 Å². The molecule has 0 saturated heterocycles. The van der Waals surface area contributed by atoms with E-state index in [2.05, 4.69) is 0 Å². The molecule has 0 unspecified atom stereocenters. The van der Waals surface area contributed by atoms with Gasteiger partial charge < -0.3 is 15.2 Å². The molecule has 2 N–H and O–H groups in total. The van der Waals surface area contributed by atoms with Gasteiger partial charge in [0.25, 0.3) is 0 Å². The summed E-state index contributed by atoms with van der Waals surface area (Å²) in [6, 6.07) is 11.6. The van der Waals surface area contributed by atoms with Gasteiger partial charge in [-0.05, 0) is 54.8 Å². The number of rotatable bonds is 6. The van der Waals surface area contributed by atoms with Crippen LogP contribution in [0, 0.1) is 13.8 Å². The Morgan fingerprint density at radius 3 is 2.19 bits per heavy atom. The van der Waals surface area contributed by atoms with Gasteiger partial charge in [-0.15, -0.1) is 0 Å². The molecule has 0 aliphatic carbocycles. The predicted molar refractivity (Wildman–Crippen MR) is 86.2 cm³/mol. The van der Waals surface area contributed by atoms with Crippen LogP contribution in [-0.2, 0) is 6.54 Å². The second-order valence-electron chi connectivity index (χ2n) is 4.92. The number of hydrogen-bond donors (Lipinski definition) is 1. The number of ether oxygens (including phenoxy) is 2. The van der Waals surface area contributed by atoms with E-state index in [-0.39, 0.29) is 0 Å². The van der Waals surface area contributed by atoms with E-state index in [0.717, 1.165) is 33.2 Å². The predicted octanol–water partition coefficient (Wildman–Crippen LogP) is 3.87. The zero-order chi connectivity index (χ0) is 15.2. The van der Waals surface area contributed by atoms with Crippen LogP contribution in [0.25, 0.3) is 0 Å². The van der Waals surface area contributed by atoms with Crippen molar-refractivity contribution in [1.82, 2.24) is 0 Å². The van der Waals surface area contributed by atoms with E-state index < -0.39 is 0 Å². The normalized spacial score (nSPS) is 10.5. The van der Waals surface area contributed by atoms with Gasteiger partial charge in [0.1, 0.15) is 24.7 Å². The molecule has 0 heterocycles. The summed E-state index contributed by atoms with van der Waals surface area (Å²) >= 11 is 6.13. The van der Waals surface area contributed by atoms with Crippen LogP contribution in [0.5, 0.6) is 11.5 Å². The minimum absolute atomic E-state index is 0.480. The van der Waals surface area contributed by atoms with Crippen LogP contribution in [0.2, 0.25) is 5.02 Å². The minimum atomic E-state index is 0.480. The van der Waals surface area contributed by atoms with Crippen molar-refractivity contribution < 1.29 is 9.47 Å². The Morgan fingerprint density at radius 2 is 1.57 bits per heavy atom. The number of aryl methyl sites for hydroxylation is 2. The first-order chi connectivity index (χ1) is 10.1. The third-order valence-corrected chi connectivity index (χ3v) is 3.76. The van der Waals surface area contributed by atoms with Gasteiger partial charge in [0.15, 0.2) is 0 Å². The smallest absolute Gasteiger partial charge is 0.122 e. The molecule has 4 heteroatoms. The van der Waals surface area contributed by atoms with Gasteiger partial charge in [0.2, 0.25) is 0 Å². The molecule has 0 bridgehead atoms. The van der Waals surface area contributed by atoms with Crippen LogP contribution >= 0.6 is 11.6 Å². The first-order valence-electron chi connectivity index (χ1n) is 6.91. The largest absolute Gasteiger partial charge is 0.490 e. The van der Waals surface area contributed by atoms with E-state index in [9.17, 15) is 0 Å². The van der Waals surface area contributed by atoms with Crippen LogP contribution in [0.3, 0.4) is 0 Å². The molecule has 3 nitrogen and oxygen atoms in total. The van der Waals surface area contributed by atoms with Crippen molar-refractivity contribution in [3.05, 3.63) is 58.1 Å². The summed E-state index contributed by atoms with van der Waals surface area (Å²) in [4.78, 5) is 0. The van der Waals surface area contributed by atoms with E-state index >= 15 is 0 Å². The van der Waals surface area contributed by atoms with E-state index in [1.165, 1.54) is 0 Å². The van der Waals surface area contributed by atoms with Crippen molar-refractivity contribution in [2.75, 3.05) is 13.2 Å². The highest BCUT2D eigenvalue weighted by Crippen LogP contribution is 2.25. The molecule has 0 spiro atoms. The molecule has 0 aliphatic heterocycles. The van der Waals surface area contributed by atoms with Crippen molar-refractivity contribution in [3.63, 3.8) is 0 Å². The highest BCUT2D eigenvalue weighted by atomic mass is 35.5. The first kappa shape index (κ1) is 15.7. The monoisotopic (exact) mass is 305 g/mol. The van der Waals surface area contributed by atoms with E-state index in [1.54, 1.807) is 0 Å². The second-order valence-corrected chi connectivity index (χ2v) is 5.30. The lowest BCUT2D eigenvalue weighted by Crippen LogP contribution is -2.09. The Balaban J connectivity index is 1.84. The molecular weight excluding hydrogens is 286 g/mol. The Morgan fingerprint density at radius 1 is 0.952 bits per heavy atom. The fraction of sp³-hybridized carbons (Fsp3) is 0.294. The summed E-state index contributed by atoms with van der Waals surface area (Å²) in [6.07, 6.45) is 0. The van der Waals surface area contributed by atoms with Gasteiger partial charge >= 0.3 is 0 Å². The molecular formula is C17H20ClNO2. The van der Waals surface area contributed by atoms with Crippen molar-refractivity contribution in [1.29, 1.82) is 0 Å². The third kappa shape index (κ3) is 4.38. The zero-order valence-electron chi connectivity index (χ0n) is 12.4. The molecule has 0 atom stereocenters. The quantitative estimate of drug-likeness (QED) is 0.824. The Labute approximate surface area is 130 Å². The molecule has 2 aromatic carbocycles. The Kier molecular flexibility index (Phi) is 5.48. The molecule has 0 fully saturated rings. The lowest BCUT2D eigenvalue weighted by Gasteiger charge is -2.11. The first-order valence-corrected chi connectivity index (χ1v) is 7.29.